The van der Waals surface area contributed by atoms with Crippen molar-refractivity contribution < 1.29 is 28.2 Å². The summed E-state index contributed by atoms with van der Waals surface area (Å²) in [4.78, 5) is 27.2. The van der Waals surface area contributed by atoms with E-state index in [1.54, 1.807) is 37.4 Å². The first-order chi connectivity index (χ1) is 16.9. The van der Waals surface area contributed by atoms with Gasteiger partial charge in [0.05, 0.1) is 23.6 Å². The summed E-state index contributed by atoms with van der Waals surface area (Å²) in [6.07, 6.45) is 1.59. The number of nitrogens with zero attached hydrogens (tertiary/aromatic N) is 1. The Morgan fingerprint density at radius 2 is 1.97 bits per heavy atom. The van der Waals surface area contributed by atoms with Crippen molar-refractivity contribution >= 4 is 28.8 Å². The van der Waals surface area contributed by atoms with Crippen LogP contribution in [0.4, 0.5) is 14.5 Å². The molecule has 1 atom stereocenters. The van der Waals surface area contributed by atoms with Crippen LogP contribution in [0, 0.1) is 0 Å². The summed E-state index contributed by atoms with van der Waals surface area (Å²) in [5, 5.41) is 11.2. The highest BCUT2D eigenvalue weighted by Crippen LogP contribution is 2.41. The van der Waals surface area contributed by atoms with Crippen molar-refractivity contribution in [3.63, 3.8) is 0 Å². The number of aliphatic hydroxyl groups excluding tert-OH is 1. The third-order valence-electron chi connectivity index (χ3n) is 6.12. The fourth-order valence-corrected chi connectivity index (χ4v) is 4.37. The van der Waals surface area contributed by atoms with E-state index in [1.807, 2.05) is 0 Å². The molecule has 5 rings (SSSR count). The number of carbonyl (C=O) groups is 2. The number of halogens is 2. The first kappa shape index (κ1) is 22.8. The Kier molecular flexibility index (Phi) is 5.83. The van der Waals surface area contributed by atoms with Crippen LogP contribution in [0.2, 0.25) is 0 Å². The highest BCUT2D eigenvalue weighted by Gasteiger charge is 2.39. The van der Waals surface area contributed by atoms with Crippen LogP contribution < -0.4 is 21.3 Å². The van der Waals surface area contributed by atoms with E-state index in [0.29, 0.717) is 22.4 Å². The van der Waals surface area contributed by atoms with Crippen LogP contribution in [0.25, 0.3) is 11.3 Å². The number of hydrogen-bond donors (Lipinski definition) is 4. The maximum atomic E-state index is 13.9. The summed E-state index contributed by atoms with van der Waals surface area (Å²) >= 11 is 0. The lowest BCUT2D eigenvalue weighted by Crippen LogP contribution is -2.31. The van der Waals surface area contributed by atoms with Crippen LogP contribution in [0.1, 0.15) is 63.4 Å². The largest absolute Gasteiger partial charge is 0.462 e. The first-order valence-corrected chi connectivity index (χ1v) is 11.1. The van der Waals surface area contributed by atoms with Gasteiger partial charge < -0.3 is 20.7 Å². The summed E-state index contributed by atoms with van der Waals surface area (Å²) in [5.74, 6) is -2.93. The van der Waals surface area contributed by atoms with Gasteiger partial charge in [-0.25, -0.2) is 13.6 Å². The Bertz CT molecular complexity index is 1330. The van der Waals surface area contributed by atoms with Gasteiger partial charge in [0.25, 0.3) is 5.91 Å². The summed E-state index contributed by atoms with van der Waals surface area (Å²) < 4.78 is 32.6. The number of ether oxygens (including phenoxy) is 1. The number of hydrogen-bond acceptors (Lipinski definition) is 7. The molecule has 0 fully saturated rings. The van der Waals surface area contributed by atoms with Crippen molar-refractivity contribution in [2.24, 2.45) is 0 Å². The summed E-state index contributed by atoms with van der Waals surface area (Å²) in [6, 6.07) is 9.62. The van der Waals surface area contributed by atoms with Crippen LogP contribution >= 0.6 is 0 Å². The van der Waals surface area contributed by atoms with Gasteiger partial charge in [-0.15, -0.1) is 0 Å². The number of carbonyl (C=O) groups excluding carboxylic acids is 2. The maximum absolute atomic E-state index is 13.9. The molecule has 0 saturated heterocycles. The SMILES string of the molecule is CCOC(=O)c1ccc(C2=CC(F)=C(F)CC2)cc1N1C(=O)c2ccc(C3=CNNN3)cc2C1O. The third-order valence-corrected chi connectivity index (χ3v) is 6.12. The molecule has 1 unspecified atom stereocenters. The van der Waals surface area contributed by atoms with Gasteiger partial charge in [-0.1, -0.05) is 12.1 Å². The minimum absolute atomic E-state index is 0.0724. The number of hydrazine groups is 2. The van der Waals surface area contributed by atoms with E-state index >= 15 is 0 Å². The molecular weight excluding hydrogens is 458 g/mol. The molecular formula is C25H22F2N4O4. The van der Waals surface area contributed by atoms with Gasteiger partial charge in [0.15, 0.2) is 12.1 Å². The molecule has 3 aliphatic rings. The van der Waals surface area contributed by atoms with Crippen molar-refractivity contribution in [3.8, 4) is 0 Å². The second-order valence-electron chi connectivity index (χ2n) is 8.18. The average Bonchev–Trinajstić information content (AvgIpc) is 3.48. The molecule has 180 valence electrons. The van der Waals surface area contributed by atoms with Crippen molar-refractivity contribution in [2.45, 2.75) is 26.0 Å². The lowest BCUT2D eigenvalue weighted by molar-refractivity contribution is 0.0526. The van der Waals surface area contributed by atoms with Crippen molar-refractivity contribution in [1.82, 2.24) is 16.4 Å². The standard InChI is InChI=1S/C25H22F2N4O4/c1-2-35-25(34)17-7-3-14(13-5-8-19(26)20(27)10-13)11-22(17)31-23(32)16-6-4-15(9-18(16)24(31)33)21-12-28-30-29-21/h3-4,6-7,9-12,24,28-30,33H,2,5,8H2,1H3. The van der Waals surface area contributed by atoms with Gasteiger partial charge in [0.1, 0.15) is 5.83 Å². The number of fused-ring (bicyclic) bond motifs is 1. The second kappa shape index (κ2) is 8.97. The molecule has 35 heavy (non-hydrogen) atoms. The highest BCUT2D eigenvalue weighted by atomic mass is 19.2. The van der Waals surface area contributed by atoms with Gasteiger partial charge >= 0.3 is 5.97 Å². The molecule has 0 bridgehead atoms. The van der Waals surface area contributed by atoms with Crippen LogP contribution in [0.3, 0.4) is 0 Å². The van der Waals surface area contributed by atoms with E-state index in [2.05, 4.69) is 16.4 Å². The van der Waals surface area contributed by atoms with Crippen LogP contribution in [-0.4, -0.2) is 23.6 Å². The lowest BCUT2D eigenvalue weighted by atomic mass is 9.94. The Hall–Kier alpha value is -4.02. The Balaban J connectivity index is 1.59. The molecule has 2 aromatic rings. The zero-order chi connectivity index (χ0) is 24.7. The minimum atomic E-state index is -1.38. The van der Waals surface area contributed by atoms with Gasteiger partial charge in [-0.3, -0.25) is 9.69 Å². The van der Waals surface area contributed by atoms with E-state index < -0.39 is 29.8 Å². The monoisotopic (exact) mass is 480 g/mol. The Labute approximate surface area is 199 Å². The normalized spacial score (nSPS) is 19.1. The minimum Gasteiger partial charge on any atom is -0.462 e. The van der Waals surface area contributed by atoms with Gasteiger partial charge in [0.2, 0.25) is 0 Å². The molecule has 4 N–H and O–H groups in total. The van der Waals surface area contributed by atoms with Gasteiger partial charge in [0, 0.05) is 29.3 Å². The van der Waals surface area contributed by atoms with Gasteiger partial charge in [-0.2, -0.15) is 5.53 Å². The lowest BCUT2D eigenvalue weighted by Gasteiger charge is -2.24. The fourth-order valence-electron chi connectivity index (χ4n) is 4.37. The molecule has 2 aromatic carbocycles. The first-order valence-electron chi connectivity index (χ1n) is 11.1. The van der Waals surface area contributed by atoms with E-state index in [-0.39, 0.29) is 36.3 Å². The molecule has 8 nitrogen and oxygen atoms in total. The van der Waals surface area contributed by atoms with Crippen molar-refractivity contribution in [3.05, 3.63) is 88.1 Å². The number of aliphatic hydroxyl groups is 1. The van der Waals surface area contributed by atoms with Crippen molar-refractivity contribution in [2.75, 3.05) is 11.5 Å². The number of amides is 1. The molecule has 1 amide bonds. The molecule has 10 heteroatoms. The van der Waals surface area contributed by atoms with Crippen LogP contribution in [0.15, 0.2) is 60.3 Å². The van der Waals surface area contributed by atoms with E-state index in [9.17, 15) is 23.5 Å². The zero-order valence-electron chi connectivity index (χ0n) is 18.7. The number of anilines is 1. The molecule has 1 aliphatic carbocycles. The Morgan fingerprint density at radius 1 is 1.17 bits per heavy atom. The van der Waals surface area contributed by atoms with Gasteiger partial charge in [-0.05, 0) is 54.8 Å². The summed E-state index contributed by atoms with van der Waals surface area (Å²) in [6.45, 7) is 1.77. The Morgan fingerprint density at radius 3 is 2.69 bits per heavy atom. The smallest absolute Gasteiger partial charge is 0.340 e. The predicted molar refractivity (Wildman–Crippen MR) is 124 cm³/mol. The molecule has 0 aromatic heterocycles. The van der Waals surface area contributed by atoms with E-state index in [0.717, 1.165) is 16.5 Å². The quantitative estimate of drug-likeness (QED) is 0.484. The summed E-state index contributed by atoms with van der Waals surface area (Å²) in [7, 11) is 0. The predicted octanol–water partition coefficient (Wildman–Crippen LogP) is 3.75. The average molecular weight is 480 g/mol. The topological polar surface area (TPSA) is 103 Å². The number of allylic oxidation sites excluding steroid dienone is 4. The second-order valence-corrected chi connectivity index (χ2v) is 8.18. The van der Waals surface area contributed by atoms with Crippen LogP contribution in [0.5, 0.6) is 0 Å². The maximum Gasteiger partial charge on any atom is 0.340 e. The molecule has 0 radical (unpaired) electrons. The summed E-state index contributed by atoms with van der Waals surface area (Å²) in [5.41, 5.74) is 11.7. The zero-order valence-corrected chi connectivity index (χ0v) is 18.7. The number of esters is 1. The number of benzene rings is 2. The number of nitrogens with one attached hydrogen (secondary N) is 3. The molecule has 0 saturated carbocycles. The molecule has 2 aliphatic heterocycles. The van der Waals surface area contributed by atoms with Crippen LogP contribution in [-0.2, 0) is 4.74 Å². The van der Waals surface area contributed by atoms with E-state index in [4.69, 9.17) is 4.74 Å². The highest BCUT2D eigenvalue weighted by molar-refractivity contribution is 6.13. The molecule has 0 spiro atoms. The molecule has 2 heterocycles. The third kappa shape index (κ3) is 3.96. The van der Waals surface area contributed by atoms with E-state index in [1.165, 1.54) is 12.1 Å². The van der Waals surface area contributed by atoms with Crippen molar-refractivity contribution in [1.29, 1.82) is 0 Å². The fraction of sp³-hybridized carbons (Fsp3) is 0.200. The number of rotatable bonds is 5.